The van der Waals surface area contributed by atoms with Gasteiger partial charge >= 0.3 is 6.18 Å². The standard InChI is InChI=1S/C14H17F3N2O/c15-14(16,17)10-19(9-11-5-2-1-3-6-11)13(20)12-7-4-8-18-12/h1-3,5-6,12,18H,4,7-10H2/t12-/m0/s1. The molecule has 110 valence electrons. The molecule has 0 bridgehead atoms. The van der Waals surface area contributed by atoms with Crippen LogP contribution in [0.5, 0.6) is 0 Å². The average Bonchev–Trinajstić information content (AvgIpc) is 2.90. The molecule has 1 atom stereocenters. The lowest BCUT2D eigenvalue weighted by Crippen LogP contribution is -2.46. The average molecular weight is 286 g/mol. The second kappa shape index (κ2) is 6.26. The molecule has 1 aliphatic rings. The molecule has 0 spiro atoms. The third-order valence-corrected chi connectivity index (χ3v) is 3.26. The first-order valence-corrected chi connectivity index (χ1v) is 6.58. The molecular weight excluding hydrogens is 269 g/mol. The Morgan fingerprint density at radius 3 is 2.55 bits per heavy atom. The second-order valence-electron chi connectivity index (χ2n) is 4.94. The Balaban J connectivity index is 2.09. The van der Waals surface area contributed by atoms with E-state index in [1.165, 1.54) is 0 Å². The molecular formula is C14H17F3N2O. The number of amides is 1. The maximum absolute atomic E-state index is 12.6. The Morgan fingerprint density at radius 1 is 1.30 bits per heavy atom. The minimum atomic E-state index is -4.39. The van der Waals surface area contributed by atoms with Gasteiger partial charge in [-0.1, -0.05) is 30.3 Å². The van der Waals surface area contributed by atoms with Gasteiger partial charge in [-0.05, 0) is 24.9 Å². The normalized spacial score (nSPS) is 19.1. The number of rotatable bonds is 4. The predicted octanol–water partition coefficient (Wildman–Crippen LogP) is 2.33. The first kappa shape index (κ1) is 14.8. The third kappa shape index (κ3) is 4.23. The molecule has 0 saturated carbocycles. The largest absolute Gasteiger partial charge is 0.406 e. The van der Waals surface area contributed by atoms with Gasteiger partial charge in [-0.15, -0.1) is 0 Å². The molecule has 2 rings (SSSR count). The molecule has 1 heterocycles. The highest BCUT2D eigenvalue weighted by atomic mass is 19.4. The quantitative estimate of drug-likeness (QED) is 0.921. The fourth-order valence-corrected chi connectivity index (χ4v) is 2.35. The van der Waals surface area contributed by atoms with Gasteiger partial charge in [-0.25, -0.2) is 0 Å². The summed E-state index contributed by atoms with van der Waals surface area (Å²) >= 11 is 0. The number of alkyl halides is 3. The molecule has 1 aliphatic heterocycles. The fourth-order valence-electron chi connectivity index (χ4n) is 2.35. The lowest BCUT2D eigenvalue weighted by molar-refractivity contribution is -0.163. The first-order valence-electron chi connectivity index (χ1n) is 6.58. The van der Waals surface area contributed by atoms with Crippen molar-refractivity contribution in [2.24, 2.45) is 0 Å². The highest BCUT2D eigenvalue weighted by molar-refractivity contribution is 5.82. The van der Waals surface area contributed by atoms with Gasteiger partial charge in [0.05, 0.1) is 6.04 Å². The van der Waals surface area contributed by atoms with Crippen LogP contribution >= 0.6 is 0 Å². The van der Waals surface area contributed by atoms with Gasteiger partial charge in [0.25, 0.3) is 0 Å². The number of benzene rings is 1. The predicted molar refractivity (Wildman–Crippen MR) is 68.9 cm³/mol. The van der Waals surface area contributed by atoms with E-state index in [-0.39, 0.29) is 6.54 Å². The van der Waals surface area contributed by atoms with Crippen molar-refractivity contribution >= 4 is 5.91 Å². The van der Waals surface area contributed by atoms with E-state index in [1.54, 1.807) is 30.3 Å². The van der Waals surface area contributed by atoms with Gasteiger partial charge < -0.3 is 10.2 Å². The zero-order valence-corrected chi connectivity index (χ0v) is 11.0. The number of nitrogens with one attached hydrogen (secondary N) is 1. The number of nitrogens with zero attached hydrogens (tertiary/aromatic N) is 1. The molecule has 3 nitrogen and oxygen atoms in total. The lowest BCUT2D eigenvalue weighted by atomic mass is 10.1. The van der Waals surface area contributed by atoms with Crippen molar-refractivity contribution in [3.63, 3.8) is 0 Å². The first-order chi connectivity index (χ1) is 9.46. The van der Waals surface area contributed by atoms with E-state index in [0.29, 0.717) is 18.5 Å². The Labute approximate surface area is 115 Å². The van der Waals surface area contributed by atoms with Crippen LogP contribution in [0.1, 0.15) is 18.4 Å². The Morgan fingerprint density at radius 2 is 2.00 bits per heavy atom. The molecule has 1 N–H and O–H groups in total. The van der Waals surface area contributed by atoms with E-state index in [0.717, 1.165) is 11.3 Å². The van der Waals surface area contributed by atoms with Crippen LogP contribution in [0.25, 0.3) is 0 Å². The van der Waals surface area contributed by atoms with Crippen molar-refractivity contribution in [2.75, 3.05) is 13.1 Å². The minimum absolute atomic E-state index is 0.0165. The monoisotopic (exact) mass is 286 g/mol. The van der Waals surface area contributed by atoms with Crippen LogP contribution in [0.2, 0.25) is 0 Å². The van der Waals surface area contributed by atoms with Crippen LogP contribution < -0.4 is 5.32 Å². The highest BCUT2D eigenvalue weighted by Crippen LogP contribution is 2.20. The molecule has 1 aromatic carbocycles. The van der Waals surface area contributed by atoms with Crippen LogP contribution in [0.4, 0.5) is 13.2 Å². The summed E-state index contributed by atoms with van der Waals surface area (Å²) in [5.41, 5.74) is 0.697. The van der Waals surface area contributed by atoms with E-state index in [4.69, 9.17) is 0 Å². The molecule has 0 aromatic heterocycles. The van der Waals surface area contributed by atoms with Crippen LogP contribution in [-0.2, 0) is 11.3 Å². The summed E-state index contributed by atoms with van der Waals surface area (Å²) in [7, 11) is 0. The zero-order chi connectivity index (χ0) is 14.6. The van der Waals surface area contributed by atoms with Gasteiger partial charge in [0, 0.05) is 6.54 Å². The van der Waals surface area contributed by atoms with Gasteiger partial charge in [-0.3, -0.25) is 4.79 Å². The molecule has 0 radical (unpaired) electrons. The number of carbonyl (C=O) groups excluding carboxylic acids is 1. The van der Waals surface area contributed by atoms with Crippen LogP contribution in [0, 0.1) is 0 Å². The van der Waals surface area contributed by atoms with Crippen molar-refractivity contribution in [2.45, 2.75) is 31.6 Å². The Hall–Kier alpha value is -1.56. The van der Waals surface area contributed by atoms with Crippen molar-refractivity contribution in [1.29, 1.82) is 0 Å². The van der Waals surface area contributed by atoms with Gasteiger partial charge in [0.1, 0.15) is 6.54 Å². The number of hydrogen-bond donors (Lipinski definition) is 1. The van der Waals surface area contributed by atoms with Crippen LogP contribution in [0.15, 0.2) is 30.3 Å². The summed E-state index contributed by atoms with van der Waals surface area (Å²) in [4.78, 5) is 13.1. The SMILES string of the molecule is O=C([C@@H]1CCCN1)N(Cc1ccccc1)CC(F)(F)F. The summed E-state index contributed by atoms with van der Waals surface area (Å²) in [6.45, 7) is -0.544. The smallest absolute Gasteiger partial charge is 0.328 e. The van der Waals surface area contributed by atoms with E-state index in [9.17, 15) is 18.0 Å². The van der Waals surface area contributed by atoms with Crippen molar-refractivity contribution in [3.8, 4) is 0 Å². The summed E-state index contributed by atoms with van der Waals surface area (Å²) in [6.07, 6.45) is -2.97. The van der Waals surface area contributed by atoms with Crippen molar-refractivity contribution in [3.05, 3.63) is 35.9 Å². The minimum Gasteiger partial charge on any atom is -0.328 e. The molecule has 6 heteroatoms. The molecule has 0 unspecified atom stereocenters. The molecule has 20 heavy (non-hydrogen) atoms. The lowest BCUT2D eigenvalue weighted by Gasteiger charge is -2.26. The van der Waals surface area contributed by atoms with E-state index in [1.807, 2.05) is 0 Å². The van der Waals surface area contributed by atoms with Crippen molar-refractivity contribution < 1.29 is 18.0 Å². The van der Waals surface area contributed by atoms with E-state index < -0.39 is 24.7 Å². The molecule has 1 aromatic rings. The molecule has 0 aliphatic carbocycles. The summed E-state index contributed by atoms with van der Waals surface area (Å²) in [6, 6.07) is 8.25. The summed E-state index contributed by atoms with van der Waals surface area (Å²) < 4.78 is 37.9. The maximum atomic E-state index is 12.6. The Bertz CT molecular complexity index is 441. The summed E-state index contributed by atoms with van der Waals surface area (Å²) in [5, 5.41) is 2.95. The Kier molecular flexibility index (Phi) is 4.65. The number of hydrogen-bond acceptors (Lipinski definition) is 2. The van der Waals surface area contributed by atoms with E-state index >= 15 is 0 Å². The fraction of sp³-hybridized carbons (Fsp3) is 0.500. The van der Waals surface area contributed by atoms with Crippen LogP contribution in [0.3, 0.4) is 0 Å². The summed E-state index contributed by atoms with van der Waals surface area (Å²) in [5.74, 6) is -0.469. The van der Waals surface area contributed by atoms with Gasteiger partial charge in [0.15, 0.2) is 0 Å². The van der Waals surface area contributed by atoms with Gasteiger partial charge in [0.2, 0.25) is 5.91 Å². The molecule has 1 amide bonds. The van der Waals surface area contributed by atoms with Gasteiger partial charge in [-0.2, -0.15) is 13.2 Å². The number of halogens is 3. The number of carbonyl (C=O) groups is 1. The molecule has 1 fully saturated rings. The van der Waals surface area contributed by atoms with Crippen LogP contribution in [-0.4, -0.2) is 36.1 Å². The second-order valence-corrected chi connectivity index (χ2v) is 4.94. The zero-order valence-electron chi connectivity index (χ0n) is 11.0. The topological polar surface area (TPSA) is 32.3 Å². The third-order valence-electron chi connectivity index (χ3n) is 3.26. The van der Waals surface area contributed by atoms with E-state index in [2.05, 4.69) is 5.32 Å². The van der Waals surface area contributed by atoms with Crippen molar-refractivity contribution in [1.82, 2.24) is 10.2 Å². The maximum Gasteiger partial charge on any atom is 0.406 e. The highest BCUT2D eigenvalue weighted by Gasteiger charge is 2.36. The molecule has 1 saturated heterocycles.